The maximum absolute atomic E-state index is 12.1. The zero-order chi connectivity index (χ0) is 18.4. The fraction of sp³-hybridized carbons (Fsp3) is 0.188. The first-order valence-electron chi connectivity index (χ1n) is 7.04. The number of carbonyl (C=O) groups excluding carboxylic acids is 1. The van der Waals surface area contributed by atoms with E-state index in [1.54, 1.807) is 0 Å². The number of carbonyl (C=O) groups is 1. The molecule has 2 aromatic rings. The minimum absolute atomic E-state index is 0.157. The molecule has 0 heterocycles. The van der Waals surface area contributed by atoms with Gasteiger partial charge in [0.15, 0.2) is 0 Å². The number of non-ortho nitro benzene ring substituents is 1. The maximum Gasteiger partial charge on any atom is 0.411 e. The molecule has 132 valence electrons. The van der Waals surface area contributed by atoms with Gasteiger partial charge in [-0.1, -0.05) is 18.2 Å². The molecule has 0 bridgehead atoms. The van der Waals surface area contributed by atoms with Crippen LogP contribution in [0.2, 0.25) is 0 Å². The molecule has 0 aliphatic heterocycles. The Bertz CT molecular complexity index is 761. The molecule has 0 aliphatic rings. The number of amides is 1. The smallest absolute Gasteiger partial charge is 0.367 e. The summed E-state index contributed by atoms with van der Waals surface area (Å²) in [4.78, 5) is 22.2. The highest BCUT2D eigenvalue weighted by Gasteiger charge is 2.27. The predicted molar refractivity (Wildman–Crippen MR) is 83.2 cm³/mol. The molecule has 0 unspecified atom stereocenters. The van der Waals surface area contributed by atoms with Crippen LogP contribution in [-0.2, 0) is 11.3 Å². The van der Waals surface area contributed by atoms with Crippen LogP contribution in [-0.4, -0.2) is 23.6 Å². The van der Waals surface area contributed by atoms with E-state index in [2.05, 4.69) is 10.1 Å². The number of rotatable bonds is 6. The molecule has 0 atom stereocenters. The molecular formula is C16H13F3N2O4. The van der Waals surface area contributed by atoms with Gasteiger partial charge in [-0.2, -0.15) is 13.2 Å². The first-order valence-corrected chi connectivity index (χ1v) is 7.04. The summed E-state index contributed by atoms with van der Waals surface area (Å²) in [6, 6.07) is 11.3. The van der Waals surface area contributed by atoms with Crippen molar-refractivity contribution in [2.45, 2.75) is 12.8 Å². The Morgan fingerprint density at radius 1 is 1.16 bits per heavy atom. The summed E-state index contributed by atoms with van der Waals surface area (Å²) in [6.45, 7) is -1.58. The molecule has 0 aromatic heterocycles. The quantitative estimate of drug-likeness (QED) is 0.630. The number of nitrogens with zero attached hydrogens (tertiary/aromatic N) is 1. The number of nitrogens with one attached hydrogen (secondary N) is 1. The van der Waals surface area contributed by atoms with Gasteiger partial charge in [0.1, 0.15) is 6.61 Å². The van der Waals surface area contributed by atoms with Crippen molar-refractivity contribution in [3.63, 3.8) is 0 Å². The van der Waals surface area contributed by atoms with Crippen LogP contribution in [0.15, 0.2) is 48.5 Å². The molecule has 2 rings (SSSR count). The average Bonchev–Trinajstić information content (AvgIpc) is 2.54. The molecule has 0 fully saturated rings. The molecule has 0 saturated carbocycles. The monoisotopic (exact) mass is 354 g/mol. The second-order valence-corrected chi connectivity index (χ2v) is 5.07. The lowest BCUT2D eigenvalue weighted by Gasteiger charge is -2.08. The highest BCUT2D eigenvalue weighted by molar-refractivity contribution is 6.04. The summed E-state index contributed by atoms with van der Waals surface area (Å²) in [5.41, 5.74) is 0.842. The molecule has 25 heavy (non-hydrogen) atoms. The molecule has 1 N–H and O–H groups in total. The van der Waals surface area contributed by atoms with E-state index in [9.17, 15) is 28.1 Å². The van der Waals surface area contributed by atoms with Crippen LogP contribution < -0.4 is 5.32 Å². The highest BCUT2D eigenvalue weighted by atomic mass is 19.4. The summed E-state index contributed by atoms with van der Waals surface area (Å²) in [7, 11) is 0. The number of anilines is 1. The van der Waals surface area contributed by atoms with Gasteiger partial charge in [0, 0.05) is 23.4 Å². The summed E-state index contributed by atoms with van der Waals surface area (Å²) >= 11 is 0. The predicted octanol–water partition coefficient (Wildman–Crippen LogP) is 3.93. The van der Waals surface area contributed by atoms with Crippen LogP contribution in [0.1, 0.15) is 15.9 Å². The molecule has 0 spiro atoms. The number of ether oxygens (including phenoxy) is 1. The number of nitro benzene ring substituents is 1. The van der Waals surface area contributed by atoms with Gasteiger partial charge in [0.25, 0.3) is 11.6 Å². The zero-order valence-corrected chi connectivity index (χ0v) is 12.7. The lowest BCUT2D eigenvalue weighted by molar-refractivity contribution is -0.384. The third kappa shape index (κ3) is 5.88. The summed E-state index contributed by atoms with van der Waals surface area (Å²) < 4.78 is 40.5. The van der Waals surface area contributed by atoms with E-state index >= 15 is 0 Å². The van der Waals surface area contributed by atoms with Gasteiger partial charge in [-0.15, -0.1) is 0 Å². The SMILES string of the molecule is O=C(Nc1cccc([N+](=O)[O-])c1)c1ccc(COCC(F)(F)F)cc1. The van der Waals surface area contributed by atoms with Gasteiger partial charge in [-0.25, -0.2) is 0 Å². The molecule has 2 aromatic carbocycles. The van der Waals surface area contributed by atoms with Crippen LogP contribution in [0.4, 0.5) is 24.5 Å². The van der Waals surface area contributed by atoms with Crippen molar-refractivity contribution in [2.24, 2.45) is 0 Å². The van der Waals surface area contributed by atoms with Crippen LogP contribution >= 0.6 is 0 Å². The normalized spacial score (nSPS) is 11.2. The van der Waals surface area contributed by atoms with Crippen LogP contribution in [0.5, 0.6) is 0 Å². The number of halogens is 3. The Morgan fingerprint density at radius 2 is 1.84 bits per heavy atom. The molecule has 0 aliphatic carbocycles. The zero-order valence-electron chi connectivity index (χ0n) is 12.7. The van der Waals surface area contributed by atoms with Crippen molar-refractivity contribution in [3.8, 4) is 0 Å². The number of benzene rings is 2. The molecule has 0 radical (unpaired) electrons. The second-order valence-electron chi connectivity index (χ2n) is 5.07. The Labute approximate surface area is 140 Å². The lowest BCUT2D eigenvalue weighted by Crippen LogP contribution is -2.16. The van der Waals surface area contributed by atoms with E-state index in [1.807, 2.05) is 0 Å². The minimum Gasteiger partial charge on any atom is -0.367 e. The molecule has 1 amide bonds. The minimum atomic E-state index is -4.39. The topological polar surface area (TPSA) is 81.5 Å². The largest absolute Gasteiger partial charge is 0.411 e. The van der Waals surface area contributed by atoms with Gasteiger partial charge < -0.3 is 10.1 Å². The van der Waals surface area contributed by atoms with Crippen LogP contribution in [0.25, 0.3) is 0 Å². The molecule has 6 nitrogen and oxygen atoms in total. The fourth-order valence-electron chi connectivity index (χ4n) is 1.94. The molecular weight excluding hydrogens is 341 g/mol. The second kappa shape index (κ2) is 7.75. The van der Waals surface area contributed by atoms with Gasteiger partial charge >= 0.3 is 6.18 Å². The fourth-order valence-corrected chi connectivity index (χ4v) is 1.94. The average molecular weight is 354 g/mol. The van der Waals surface area contributed by atoms with Gasteiger partial charge in [0.2, 0.25) is 0 Å². The number of hydrogen-bond acceptors (Lipinski definition) is 4. The Morgan fingerprint density at radius 3 is 2.44 bits per heavy atom. The maximum atomic E-state index is 12.1. The summed E-state index contributed by atoms with van der Waals surface area (Å²) in [6.07, 6.45) is -4.39. The van der Waals surface area contributed by atoms with Gasteiger partial charge in [0.05, 0.1) is 11.5 Å². The van der Waals surface area contributed by atoms with Crippen molar-refractivity contribution in [1.29, 1.82) is 0 Å². The number of hydrogen-bond donors (Lipinski definition) is 1. The van der Waals surface area contributed by atoms with E-state index in [0.717, 1.165) is 0 Å². The number of nitro groups is 1. The Balaban J connectivity index is 1.96. The van der Waals surface area contributed by atoms with E-state index in [0.29, 0.717) is 5.56 Å². The first kappa shape index (κ1) is 18.4. The first-order chi connectivity index (χ1) is 11.7. The third-order valence-electron chi connectivity index (χ3n) is 3.07. The van der Waals surface area contributed by atoms with Crippen LogP contribution in [0, 0.1) is 10.1 Å². The van der Waals surface area contributed by atoms with Crippen molar-refractivity contribution >= 4 is 17.3 Å². The van der Waals surface area contributed by atoms with Crippen molar-refractivity contribution in [3.05, 3.63) is 69.8 Å². The van der Waals surface area contributed by atoms with Gasteiger partial charge in [-0.05, 0) is 23.8 Å². The van der Waals surface area contributed by atoms with E-state index in [4.69, 9.17) is 0 Å². The van der Waals surface area contributed by atoms with E-state index in [1.165, 1.54) is 48.5 Å². The number of alkyl halides is 3. The van der Waals surface area contributed by atoms with E-state index in [-0.39, 0.29) is 23.5 Å². The highest BCUT2D eigenvalue weighted by Crippen LogP contribution is 2.18. The van der Waals surface area contributed by atoms with Crippen molar-refractivity contribution in [1.82, 2.24) is 0 Å². The lowest BCUT2D eigenvalue weighted by atomic mass is 10.1. The molecule has 9 heteroatoms. The van der Waals surface area contributed by atoms with Crippen LogP contribution in [0.3, 0.4) is 0 Å². The van der Waals surface area contributed by atoms with Crippen molar-refractivity contribution < 1.29 is 27.6 Å². The standard InChI is InChI=1S/C16H13F3N2O4/c17-16(18,19)10-25-9-11-4-6-12(7-5-11)15(22)20-13-2-1-3-14(8-13)21(23)24/h1-8H,9-10H2,(H,20,22). The Hall–Kier alpha value is -2.94. The van der Waals surface area contributed by atoms with Crippen molar-refractivity contribution in [2.75, 3.05) is 11.9 Å². The molecule has 0 saturated heterocycles. The summed E-state index contributed by atoms with van der Waals surface area (Å²) in [5.74, 6) is -0.497. The third-order valence-corrected chi connectivity index (χ3v) is 3.07. The van der Waals surface area contributed by atoms with E-state index < -0.39 is 23.6 Å². The van der Waals surface area contributed by atoms with Gasteiger partial charge in [-0.3, -0.25) is 14.9 Å². The Kier molecular flexibility index (Phi) is 5.71. The summed E-state index contributed by atoms with van der Waals surface area (Å²) in [5, 5.41) is 13.2.